The van der Waals surface area contributed by atoms with Gasteiger partial charge in [0.2, 0.25) is 0 Å². The third kappa shape index (κ3) is 4.11. The molecule has 2 aromatic carbocycles. The van der Waals surface area contributed by atoms with Gasteiger partial charge in [0.05, 0.1) is 28.4 Å². The monoisotopic (exact) mass is 421 g/mol. The van der Waals surface area contributed by atoms with Crippen LogP contribution in [0.3, 0.4) is 0 Å². The van der Waals surface area contributed by atoms with E-state index in [0.717, 1.165) is 25.1 Å². The minimum Gasteiger partial charge on any atom is -0.494 e. The van der Waals surface area contributed by atoms with Gasteiger partial charge in [0.1, 0.15) is 5.82 Å². The maximum absolute atomic E-state index is 14.1. The van der Waals surface area contributed by atoms with Gasteiger partial charge in [0.15, 0.2) is 5.88 Å². The van der Waals surface area contributed by atoms with E-state index in [0.29, 0.717) is 12.1 Å². The number of fused-ring (bicyclic) bond motifs is 1. The average Bonchev–Trinajstić information content (AvgIpc) is 3.32. The molecule has 0 radical (unpaired) electrons. The third-order valence-corrected chi connectivity index (χ3v) is 4.99. The van der Waals surface area contributed by atoms with E-state index in [1.807, 2.05) is 0 Å². The van der Waals surface area contributed by atoms with Crippen molar-refractivity contribution < 1.29 is 27.4 Å². The van der Waals surface area contributed by atoms with Crippen LogP contribution in [0.15, 0.2) is 41.4 Å². The second kappa shape index (κ2) is 7.98. The third-order valence-electron chi connectivity index (χ3n) is 4.99. The maximum atomic E-state index is 14.1. The Labute approximate surface area is 169 Å². The summed E-state index contributed by atoms with van der Waals surface area (Å²) in [5, 5.41) is 12.9. The fourth-order valence-electron chi connectivity index (χ4n) is 3.51. The second-order valence-electron chi connectivity index (χ2n) is 7.05. The second-order valence-corrected chi connectivity index (χ2v) is 7.05. The molecule has 0 aliphatic carbocycles. The van der Waals surface area contributed by atoms with Crippen LogP contribution in [0.25, 0.3) is 10.9 Å². The number of halogens is 4. The van der Waals surface area contributed by atoms with Crippen LogP contribution in [0, 0.1) is 5.82 Å². The molecule has 1 fully saturated rings. The Morgan fingerprint density at radius 2 is 2.10 bits per heavy atom. The molecule has 4 rings (SSSR count). The molecule has 1 atom stereocenters. The normalized spacial score (nSPS) is 17.3. The van der Waals surface area contributed by atoms with E-state index >= 15 is 0 Å². The van der Waals surface area contributed by atoms with Crippen LogP contribution in [0.5, 0.6) is 5.88 Å². The van der Waals surface area contributed by atoms with Crippen molar-refractivity contribution in [2.45, 2.75) is 25.1 Å². The summed E-state index contributed by atoms with van der Waals surface area (Å²) >= 11 is 0. The van der Waals surface area contributed by atoms with Crippen molar-refractivity contribution in [1.82, 2.24) is 4.98 Å². The molecular weight excluding hydrogens is 402 g/mol. The average molecular weight is 421 g/mol. The molecule has 1 aliphatic rings. The number of H-pyrrole nitrogens is 1. The Morgan fingerprint density at radius 3 is 2.83 bits per heavy atom. The van der Waals surface area contributed by atoms with Crippen molar-refractivity contribution in [2.24, 2.45) is 4.99 Å². The van der Waals surface area contributed by atoms with Gasteiger partial charge in [-0.3, -0.25) is 4.99 Å². The van der Waals surface area contributed by atoms with Crippen molar-refractivity contribution in [3.05, 3.63) is 53.3 Å². The van der Waals surface area contributed by atoms with E-state index in [4.69, 9.17) is 4.74 Å². The molecule has 1 aliphatic heterocycles. The number of hydrogen-bond acceptors (Lipinski definition) is 4. The molecule has 1 saturated heterocycles. The molecule has 1 unspecified atom stereocenters. The van der Waals surface area contributed by atoms with Crippen molar-refractivity contribution in [1.29, 1.82) is 0 Å². The first kappa shape index (κ1) is 20.2. The van der Waals surface area contributed by atoms with Crippen LogP contribution < -0.4 is 5.32 Å². The predicted octanol–water partition coefficient (Wildman–Crippen LogP) is 5.37. The number of hydrogen-bond donors (Lipinski definition) is 3. The van der Waals surface area contributed by atoms with Gasteiger partial charge < -0.3 is 20.1 Å². The number of anilines is 1. The van der Waals surface area contributed by atoms with Gasteiger partial charge in [0, 0.05) is 30.4 Å². The number of aromatic nitrogens is 1. The minimum absolute atomic E-state index is 0.0232. The van der Waals surface area contributed by atoms with Crippen molar-refractivity contribution >= 4 is 28.5 Å². The Kier molecular flexibility index (Phi) is 5.38. The number of ether oxygens (including phenoxy) is 1. The summed E-state index contributed by atoms with van der Waals surface area (Å²) in [4.78, 5) is 6.64. The van der Waals surface area contributed by atoms with E-state index in [2.05, 4.69) is 15.3 Å². The molecule has 9 heteroatoms. The summed E-state index contributed by atoms with van der Waals surface area (Å²) in [6.45, 7) is 0.904. The number of aromatic amines is 1. The maximum Gasteiger partial charge on any atom is 0.418 e. The summed E-state index contributed by atoms with van der Waals surface area (Å²) in [5.74, 6) is -0.889. The highest BCUT2D eigenvalue weighted by Crippen LogP contribution is 2.37. The Balaban J connectivity index is 1.62. The molecule has 158 valence electrons. The van der Waals surface area contributed by atoms with E-state index in [1.165, 1.54) is 24.3 Å². The first-order valence-electron chi connectivity index (χ1n) is 9.43. The van der Waals surface area contributed by atoms with Gasteiger partial charge >= 0.3 is 6.18 Å². The molecular formula is C21H19F4N3O2. The fourth-order valence-corrected chi connectivity index (χ4v) is 3.51. The quantitative estimate of drug-likeness (QED) is 0.383. The first-order chi connectivity index (χ1) is 14.3. The number of aromatic hydroxyl groups is 1. The van der Waals surface area contributed by atoms with Crippen LogP contribution in [0.4, 0.5) is 28.9 Å². The molecule has 0 spiro atoms. The number of nitrogens with one attached hydrogen (secondary N) is 2. The Hall–Kier alpha value is -3.07. The van der Waals surface area contributed by atoms with Crippen LogP contribution in [-0.2, 0) is 10.9 Å². The van der Waals surface area contributed by atoms with E-state index < -0.39 is 17.6 Å². The highest BCUT2D eigenvalue weighted by atomic mass is 19.4. The lowest BCUT2D eigenvalue weighted by Crippen LogP contribution is -2.20. The summed E-state index contributed by atoms with van der Waals surface area (Å²) in [7, 11) is 0. The van der Waals surface area contributed by atoms with Crippen LogP contribution in [0.2, 0.25) is 0 Å². The molecule has 0 saturated carbocycles. The summed E-state index contributed by atoms with van der Waals surface area (Å²) in [6, 6.07) is 7.92. The molecule has 30 heavy (non-hydrogen) atoms. The lowest BCUT2D eigenvalue weighted by molar-refractivity contribution is -0.136. The highest BCUT2D eigenvalue weighted by molar-refractivity contribution is 6.02. The van der Waals surface area contributed by atoms with Crippen molar-refractivity contribution in [3.63, 3.8) is 0 Å². The smallest absolute Gasteiger partial charge is 0.418 e. The summed E-state index contributed by atoms with van der Waals surface area (Å²) in [6.07, 6.45) is -1.84. The molecule has 1 aromatic heterocycles. The standard InChI is InChI=1S/C21H19F4N3O2/c22-16-4-1-5-18-19(16)14(20(29)28-18)11-26-12-6-7-17(15(9-12)21(23,24)25)27-10-13-3-2-8-30-13/h1,4-7,9,11,13,27-29H,2-3,8,10H2. The van der Waals surface area contributed by atoms with Crippen molar-refractivity contribution in [2.75, 3.05) is 18.5 Å². The van der Waals surface area contributed by atoms with Crippen LogP contribution >= 0.6 is 0 Å². The number of nitrogens with zero attached hydrogens (tertiary/aromatic N) is 1. The zero-order chi connectivity index (χ0) is 21.3. The number of aliphatic imine (C=N–C) groups is 1. The van der Waals surface area contributed by atoms with Gasteiger partial charge in [-0.05, 0) is 43.2 Å². The van der Waals surface area contributed by atoms with Crippen LogP contribution in [0.1, 0.15) is 24.0 Å². The summed E-state index contributed by atoms with van der Waals surface area (Å²) in [5.41, 5.74) is -0.464. The van der Waals surface area contributed by atoms with Gasteiger partial charge in [-0.2, -0.15) is 13.2 Å². The Bertz CT molecular complexity index is 1090. The van der Waals surface area contributed by atoms with E-state index in [-0.39, 0.29) is 40.9 Å². The Morgan fingerprint density at radius 1 is 1.27 bits per heavy atom. The molecule has 5 nitrogen and oxygen atoms in total. The molecule has 0 bridgehead atoms. The van der Waals surface area contributed by atoms with Crippen molar-refractivity contribution in [3.8, 4) is 5.88 Å². The highest BCUT2D eigenvalue weighted by Gasteiger charge is 2.34. The fraction of sp³-hybridized carbons (Fsp3) is 0.286. The van der Waals surface area contributed by atoms with Gasteiger partial charge in [0.25, 0.3) is 0 Å². The first-order valence-corrected chi connectivity index (χ1v) is 9.43. The number of rotatable bonds is 5. The number of alkyl halides is 3. The van der Waals surface area contributed by atoms with Gasteiger partial charge in [-0.15, -0.1) is 0 Å². The molecule has 0 amide bonds. The SMILES string of the molecule is Oc1[nH]c2cccc(F)c2c1C=Nc1ccc(NCC2CCCO2)c(C(F)(F)F)c1. The molecule has 3 N–H and O–H groups in total. The lowest BCUT2D eigenvalue weighted by Gasteiger charge is -2.17. The van der Waals surface area contributed by atoms with Gasteiger partial charge in [-0.1, -0.05) is 6.07 Å². The van der Waals surface area contributed by atoms with E-state index in [1.54, 1.807) is 6.07 Å². The molecule has 3 aromatic rings. The topological polar surface area (TPSA) is 69.6 Å². The van der Waals surface area contributed by atoms with Crippen LogP contribution in [-0.4, -0.2) is 35.6 Å². The number of benzene rings is 2. The van der Waals surface area contributed by atoms with E-state index in [9.17, 15) is 22.7 Å². The predicted molar refractivity (Wildman–Crippen MR) is 106 cm³/mol. The lowest BCUT2D eigenvalue weighted by atomic mass is 10.1. The summed E-state index contributed by atoms with van der Waals surface area (Å²) < 4.78 is 60.2. The zero-order valence-corrected chi connectivity index (χ0v) is 15.8. The minimum atomic E-state index is -4.58. The zero-order valence-electron chi connectivity index (χ0n) is 15.8. The largest absolute Gasteiger partial charge is 0.494 e. The molecule has 2 heterocycles. The van der Waals surface area contributed by atoms with Gasteiger partial charge in [-0.25, -0.2) is 4.39 Å².